The van der Waals surface area contributed by atoms with Crippen molar-refractivity contribution in [2.24, 2.45) is 5.92 Å². The lowest BCUT2D eigenvalue weighted by molar-refractivity contribution is -0.144. The number of carbonyl (C=O) groups is 1. The lowest BCUT2D eigenvalue weighted by atomic mass is 10.4. The van der Waals surface area contributed by atoms with E-state index in [9.17, 15) is 4.79 Å². The number of hydrogen-bond donors (Lipinski definition) is 0. The van der Waals surface area contributed by atoms with Gasteiger partial charge in [-0.25, -0.2) is 0 Å². The zero-order valence-corrected chi connectivity index (χ0v) is 9.14. The molecule has 4 nitrogen and oxygen atoms in total. The van der Waals surface area contributed by atoms with Crippen molar-refractivity contribution in [1.29, 1.82) is 0 Å². The van der Waals surface area contributed by atoms with Crippen molar-refractivity contribution < 1.29 is 9.53 Å². The largest absolute Gasteiger partial charge is 0.466 e. The van der Waals surface area contributed by atoms with E-state index >= 15 is 0 Å². The third-order valence-electron chi connectivity index (χ3n) is 1.89. The molecule has 0 aliphatic heterocycles. The minimum atomic E-state index is -0.00694. The molecule has 15 heavy (non-hydrogen) atoms. The fraction of sp³-hybridized carbons (Fsp3) is 0.545. The quantitative estimate of drug-likeness (QED) is 0.695. The number of aryl methyl sites for hydroxylation is 1. The van der Waals surface area contributed by atoms with E-state index in [1.807, 2.05) is 13.8 Å². The fourth-order valence-electron chi connectivity index (χ4n) is 0.953. The summed E-state index contributed by atoms with van der Waals surface area (Å²) in [5.74, 6) is 0.252. The second kappa shape index (κ2) is 6.11. The molecule has 0 saturated heterocycles. The van der Waals surface area contributed by atoms with Crippen LogP contribution in [0.4, 0.5) is 0 Å². The van der Waals surface area contributed by atoms with Gasteiger partial charge in [-0.05, 0) is 26.7 Å². The Bertz CT molecular complexity index is 297. The number of ether oxygens (including phenoxy) is 1. The molecule has 82 valence electrons. The Morgan fingerprint density at radius 2 is 2.27 bits per heavy atom. The molecule has 1 aliphatic carbocycles. The summed E-state index contributed by atoms with van der Waals surface area (Å²) in [6.45, 7) is 4.27. The van der Waals surface area contributed by atoms with Crippen LogP contribution in [0.1, 0.15) is 25.5 Å². The smallest absolute Gasteiger partial charge is 0.308 e. The standard InChI is InChI=1S/C6H10O2.C5H6N2/c1-2-8-6(7)5-3-4-5;1-5-4-6-2-3-7-5/h5H,2-4H2,1H3;2-4H,1H3. The number of carbonyl (C=O) groups excluding carboxylic acids is 1. The zero-order chi connectivity index (χ0) is 11.1. The van der Waals surface area contributed by atoms with Gasteiger partial charge in [0, 0.05) is 18.6 Å². The molecule has 1 saturated carbocycles. The van der Waals surface area contributed by atoms with Crippen molar-refractivity contribution in [1.82, 2.24) is 9.97 Å². The van der Waals surface area contributed by atoms with E-state index in [1.165, 1.54) is 0 Å². The predicted molar refractivity (Wildman–Crippen MR) is 56.1 cm³/mol. The Morgan fingerprint density at radius 3 is 2.60 bits per heavy atom. The Balaban J connectivity index is 0.000000151. The molecule has 1 aliphatic rings. The molecular formula is C11H16N2O2. The molecule has 1 aromatic rings. The van der Waals surface area contributed by atoms with Crippen molar-refractivity contribution >= 4 is 5.97 Å². The average molecular weight is 208 g/mol. The maximum absolute atomic E-state index is 10.6. The van der Waals surface area contributed by atoms with E-state index in [4.69, 9.17) is 4.74 Å². The van der Waals surface area contributed by atoms with Crippen LogP contribution in [0.5, 0.6) is 0 Å². The highest BCUT2D eigenvalue weighted by Gasteiger charge is 2.30. The number of rotatable bonds is 2. The minimum Gasteiger partial charge on any atom is -0.466 e. The summed E-state index contributed by atoms with van der Waals surface area (Å²) in [6, 6.07) is 0. The first-order valence-electron chi connectivity index (χ1n) is 5.13. The number of esters is 1. The van der Waals surface area contributed by atoms with Gasteiger partial charge in [-0.15, -0.1) is 0 Å². The number of nitrogens with zero attached hydrogens (tertiary/aromatic N) is 2. The molecular weight excluding hydrogens is 192 g/mol. The van der Waals surface area contributed by atoms with Crippen LogP contribution in [0.25, 0.3) is 0 Å². The van der Waals surface area contributed by atoms with E-state index in [0.717, 1.165) is 18.5 Å². The summed E-state index contributed by atoms with van der Waals surface area (Å²) in [5, 5.41) is 0. The van der Waals surface area contributed by atoms with Crippen molar-refractivity contribution in [2.75, 3.05) is 6.61 Å². The second-order valence-corrected chi connectivity index (χ2v) is 3.37. The van der Waals surface area contributed by atoms with E-state index in [-0.39, 0.29) is 11.9 Å². The van der Waals surface area contributed by atoms with Gasteiger partial charge in [-0.2, -0.15) is 0 Å². The molecule has 4 heteroatoms. The van der Waals surface area contributed by atoms with Gasteiger partial charge in [0.25, 0.3) is 0 Å². The van der Waals surface area contributed by atoms with E-state index in [0.29, 0.717) is 6.61 Å². The van der Waals surface area contributed by atoms with Gasteiger partial charge in [0.1, 0.15) is 0 Å². The van der Waals surface area contributed by atoms with Crippen LogP contribution >= 0.6 is 0 Å². The van der Waals surface area contributed by atoms with Crippen molar-refractivity contribution in [3.05, 3.63) is 24.3 Å². The highest BCUT2D eigenvalue weighted by atomic mass is 16.5. The lowest BCUT2D eigenvalue weighted by Gasteiger charge is -1.95. The number of aromatic nitrogens is 2. The first-order valence-corrected chi connectivity index (χ1v) is 5.13. The number of hydrogen-bond acceptors (Lipinski definition) is 4. The Morgan fingerprint density at radius 1 is 1.53 bits per heavy atom. The molecule has 1 heterocycles. The van der Waals surface area contributed by atoms with Crippen LogP contribution in [0.2, 0.25) is 0 Å². The Kier molecular flexibility index (Phi) is 4.74. The topological polar surface area (TPSA) is 52.1 Å². The van der Waals surface area contributed by atoms with Gasteiger partial charge in [0.05, 0.1) is 18.2 Å². The van der Waals surface area contributed by atoms with Gasteiger partial charge in [-0.3, -0.25) is 14.8 Å². The third kappa shape index (κ3) is 5.10. The summed E-state index contributed by atoms with van der Waals surface area (Å²) in [7, 11) is 0. The van der Waals surface area contributed by atoms with Crippen molar-refractivity contribution in [3.8, 4) is 0 Å². The Hall–Kier alpha value is -1.45. The Labute approximate surface area is 89.7 Å². The highest BCUT2D eigenvalue weighted by Crippen LogP contribution is 2.29. The lowest BCUT2D eigenvalue weighted by Crippen LogP contribution is -2.04. The van der Waals surface area contributed by atoms with Crippen LogP contribution in [0, 0.1) is 12.8 Å². The molecule has 1 aromatic heterocycles. The molecule has 0 radical (unpaired) electrons. The fourth-order valence-corrected chi connectivity index (χ4v) is 0.953. The van der Waals surface area contributed by atoms with Crippen LogP contribution in [-0.2, 0) is 9.53 Å². The SMILES string of the molecule is CCOC(=O)C1CC1.Cc1cnccn1. The van der Waals surface area contributed by atoms with Gasteiger partial charge < -0.3 is 4.74 Å². The van der Waals surface area contributed by atoms with Crippen molar-refractivity contribution in [3.63, 3.8) is 0 Å². The normalized spacial score (nSPS) is 13.7. The maximum Gasteiger partial charge on any atom is 0.308 e. The minimum absolute atomic E-state index is 0.00694. The van der Waals surface area contributed by atoms with Crippen LogP contribution < -0.4 is 0 Å². The molecule has 0 bridgehead atoms. The third-order valence-corrected chi connectivity index (χ3v) is 1.89. The summed E-state index contributed by atoms with van der Waals surface area (Å²) in [6.07, 6.45) is 7.14. The van der Waals surface area contributed by atoms with Gasteiger partial charge in [0.2, 0.25) is 0 Å². The first kappa shape index (κ1) is 11.6. The molecule has 0 unspecified atom stereocenters. The molecule has 1 fully saturated rings. The molecule has 0 N–H and O–H groups in total. The van der Waals surface area contributed by atoms with Gasteiger partial charge >= 0.3 is 5.97 Å². The van der Waals surface area contributed by atoms with Crippen LogP contribution in [0.15, 0.2) is 18.6 Å². The average Bonchev–Trinajstić information content (AvgIpc) is 3.03. The van der Waals surface area contributed by atoms with E-state index in [2.05, 4.69) is 9.97 Å². The first-order chi connectivity index (χ1) is 7.24. The predicted octanol–water partition coefficient (Wildman–Crippen LogP) is 1.74. The molecule has 2 rings (SSSR count). The van der Waals surface area contributed by atoms with Crippen LogP contribution in [-0.4, -0.2) is 22.5 Å². The summed E-state index contributed by atoms with van der Waals surface area (Å²) in [5.41, 5.74) is 0.961. The molecule has 0 amide bonds. The van der Waals surface area contributed by atoms with Gasteiger partial charge in [0.15, 0.2) is 0 Å². The highest BCUT2D eigenvalue weighted by molar-refractivity contribution is 5.74. The molecule has 0 spiro atoms. The molecule has 0 atom stereocenters. The van der Waals surface area contributed by atoms with Crippen molar-refractivity contribution in [2.45, 2.75) is 26.7 Å². The maximum atomic E-state index is 10.6. The second-order valence-electron chi connectivity index (χ2n) is 3.37. The zero-order valence-electron chi connectivity index (χ0n) is 9.14. The van der Waals surface area contributed by atoms with Gasteiger partial charge in [-0.1, -0.05) is 0 Å². The summed E-state index contributed by atoms with van der Waals surface area (Å²) in [4.78, 5) is 18.3. The van der Waals surface area contributed by atoms with E-state index in [1.54, 1.807) is 18.6 Å². The monoisotopic (exact) mass is 208 g/mol. The summed E-state index contributed by atoms with van der Waals surface area (Å²) >= 11 is 0. The summed E-state index contributed by atoms with van der Waals surface area (Å²) < 4.78 is 4.73. The van der Waals surface area contributed by atoms with Crippen LogP contribution in [0.3, 0.4) is 0 Å². The van der Waals surface area contributed by atoms with E-state index < -0.39 is 0 Å². The molecule has 0 aromatic carbocycles.